The van der Waals surface area contributed by atoms with Crippen molar-refractivity contribution in [2.24, 2.45) is 0 Å². The van der Waals surface area contributed by atoms with Crippen LogP contribution in [0.1, 0.15) is 5.56 Å². The Morgan fingerprint density at radius 3 is 2.29 bits per heavy atom. The molecule has 0 atom stereocenters. The molecule has 0 aliphatic heterocycles. The number of aromatic nitrogens is 1. The number of nitrogens with zero attached hydrogens (tertiary/aromatic N) is 2. The molecule has 0 amide bonds. The predicted octanol–water partition coefficient (Wildman–Crippen LogP) is 4.29. The van der Waals surface area contributed by atoms with Crippen molar-refractivity contribution in [2.75, 3.05) is 5.73 Å². The standard InChI is InChI=1S/C18H10F3N3/c19-10-5-6-16(21)13(7-10)12-8-17(24-18(23)14(12)9-22)11-3-1-2-4-15(11)20/h1-8H,(H2,23,24). The molecule has 24 heavy (non-hydrogen) atoms. The van der Waals surface area contributed by atoms with Crippen molar-refractivity contribution in [3.05, 3.63) is 71.5 Å². The van der Waals surface area contributed by atoms with Crippen LogP contribution in [0.2, 0.25) is 0 Å². The van der Waals surface area contributed by atoms with Gasteiger partial charge in [-0.2, -0.15) is 5.26 Å². The summed E-state index contributed by atoms with van der Waals surface area (Å²) in [5, 5.41) is 9.28. The molecule has 3 nitrogen and oxygen atoms in total. The third-order valence-electron chi connectivity index (χ3n) is 3.53. The molecule has 0 radical (unpaired) electrons. The Morgan fingerprint density at radius 1 is 0.875 bits per heavy atom. The minimum absolute atomic E-state index is 0.0558. The molecule has 1 aromatic heterocycles. The zero-order chi connectivity index (χ0) is 17.3. The maximum atomic E-state index is 14.1. The van der Waals surface area contributed by atoms with Gasteiger partial charge < -0.3 is 5.73 Å². The van der Waals surface area contributed by atoms with Crippen LogP contribution in [0.25, 0.3) is 22.4 Å². The Kier molecular flexibility index (Phi) is 3.92. The van der Waals surface area contributed by atoms with Gasteiger partial charge in [-0.3, -0.25) is 0 Å². The molecule has 6 heteroatoms. The fraction of sp³-hybridized carbons (Fsp3) is 0. The average Bonchev–Trinajstić information content (AvgIpc) is 2.57. The largest absolute Gasteiger partial charge is 0.383 e. The van der Waals surface area contributed by atoms with E-state index in [1.54, 1.807) is 6.07 Å². The first kappa shape index (κ1) is 15.6. The summed E-state index contributed by atoms with van der Waals surface area (Å²) >= 11 is 0. The molecule has 0 aliphatic rings. The second-order valence-corrected chi connectivity index (χ2v) is 5.03. The van der Waals surface area contributed by atoms with E-state index in [0.29, 0.717) is 0 Å². The van der Waals surface area contributed by atoms with E-state index < -0.39 is 17.5 Å². The lowest BCUT2D eigenvalue weighted by Gasteiger charge is -2.11. The van der Waals surface area contributed by atoms with Crippen LogP contribution in [0.15, 0.2) is 48.5 Å². The topological polar surface area (TPSA) is 62.7 Å². The van der Waals surface area contributed by atoms with Crippen LogP contribution < -0.4 is 5.73 Å². The maximum Gasteiger partial charge on any atom is 0.142 e. The Balaban J connectivity index is 2.32. The van der Waals surface area contributed by atoms with Crippen molar-refractivity contribution in [1.29, 1.82) is 5.26 Å². The van der Waals surface area contributed by atoms with Gasteiger partial charge in [-0.1, -0.05) is 12.1 Å². The van der Waals surface area contributed by atoms with Crippen LogP contribution in [0.4, 0.5) is 19.0 Å². The summed E-state index contributed by atoms with van der Waals surface area (Å²) in [6.45, 7) is 0. The second-order valence-electron chi connectivity index (χ2n) is 5.03. The second kappa shape index (κ2) is 6.05. The van der Waals surface area contributed by atoms with Gasteiger partial charge >= 0.3 is 0 Å². The molecular formula is C18H10F3N3. The number of benzene rings is 2. The minimum Gasteiger partial charge on any atom is -0.383 e. The van der Waals surface area contributed by atoms with Gasteiger partial charge in [0.1, 0.15) is 34.9 Å². The van der Waals surface area contributed by atoms with Crippen molar-refractivity contribution >= 4 is 5.82 Å². The van der Waals surface area contributed by atoms with Gasteiger partial charge in [-0.15, -0.1) is 0 Å². The zero-order valence-corrected chi connectivity index (χ0v) is 12.2. The average molecular weight is 325 g/mol. The van der Waals surface area contributed by atoms with Gasteiger partial charge in [0, 0.05) is 16.7 Å². The SMILES string of the molecule is N#Cc1c(-c2cc(F)ccc2F)cc(-c2ccccc2F)nc1N. The molecule has 0 spiro atoms. The zero-order valence-electron chi connectivity index (χ0n) is 12.2. The summed E-state index contributed by atoms with van der Waals surface area (Å²) in [7, 11) is 0. The highest BCUT2D eigenvalue weighted by molar-refractivity contribution is 5.80. The lowest BCUT2D eigenvalue weighted by molar-refractivity contribution is 0.603. The number of rotatable bonds is 2. The van der Waals surface area contributed by atoms with Crippen LogP contribution in [-0.4, -0.2) is 4.98 Å². The third kappa shape index (κ3) is 2.68. The Labute approximate surface area is 135 Å². The Morgan fingerprint density at radius 2 is 1.58 bits per heavy atom. The summed E-state index contributed by atoms with van der Waals surface area (Å²) in [5.41, 5.74) is 5.86. The molecule has 1 heterocycles. The van der Waals surface area contributed by atoms with Crippen LogP contribution in [0.5, 0.6) is 0 Å². The number of anilines is 1. The number of nitrogen functional groups attached to an aromatic ring is 1. The van der Waals surface area contributed by atoms with Crippen molar-refractivity contribution in [3.63, 3.8) is 0 Å². The van der Waals surface area contributed by atoms with Crippen molar-refractivity contribution in [2.45, 2.75) is 0 Å². The van der Waals surface area contributed by atoms with Crippen molar-refractivity contribution < 1.29 is 13.2 Å². The van der Waals surface area contributed by atoms with Gasteiger partial charge in [0.2, 0.25) is 0 Å². The fourth-order valence-electron chi connectivity index (χ4n) is 2.41. The summed E-state index contributed by atoms with van der Waals surface area (Å²) in [6.07, 6.45) is 0. The monoisotopic (exact) mass is 325 g/mol. The number of pyridine rings is 1. The molecule has 0 saturated carbocycles. The number of halogens is 3. The maximum absolute atomic E-state index is 14.1. The first-order valence-electron chi connectivity index (χ1n) is 6.92. The fourth-order valence-corrected chi connectivity index (χ4v) is 2.41. The highest BCUT2D eigenvalue weighted by atomic mass is 19.1. The van der Waals surface area contributed by atoms with Crippen molar-refractivity contribution in [3.8, 4) is 28.5 Å². The lowest BCUT2D eigenvalue weighted by Crippen LogP contribution is -2.01. The summed E-state index contributed by atoms with van der Waals surface area (Å²) in [5.74, 6) is -2.12. The first-order valence-corrected chi connectivity index (χ1v) is 6.92. The van der Waals surface area contributed by atoms with E-state index >= 15 is 0 Å². The van der Waals surface area contributed by atoms with Gasteiger partial charge in [-0.25, -0.2) is 18.2 Å². The van der Waals surface area contributed by atoms with E-state index in [1.165, 1.54) is 24.3 Å². The quantitative estimate of drug-likeness (QED) is 0.764. The molecule has 0 unspecified atom stereocenters. The van der Waals surface area contributed by atoms with Crippen molar-refractivity contribution in [1.82, 2.24) is 4.98 Å². The van der Waals surface area contributed by atoms with Gasteiger partial charge in [0.25, 0.3) is 0 Å². The van der Waals surface area contributed by atoms with E-state index in [9.17, 15) is 18.4 Å². The Bertz CT molecular complexity index is 978. The highest BCUT2D eigenvalue weighted by Gasteiger charge is 2.18. The summed E-state index contributed by atoms with van der Waals surface area (Å²) in [6, 6.07) is 11.9. The number of nitriles is 1. The molecule has 0 fully saturated rings. The predicted molar refractivity (Wildman–Crippen MR) is 84.1 cm³/mol. The molecule has 118 valence electrons. The normalized spacial score (nSPS) is 10.4. The third-order valence-corrected chi connectivity index (χ3v) is 3.53. The summed E-state index contributed by atoms with van der Waals surface area (Å²) in [4.78, 5) is 4.01. The van der Waals surface area contributed by atoms with Gasteiger partial charge in [0.05, 0.1) is 5.69 Å². The van der Waals surface area contributed by atoms with Crippen LogP contribution >= 0.6 is 0 Å². The molecular weight excluding hydrogens is 315 g/mol. The molecule has 3 aromatic rings. The number of hydrogen-bond acceptors (Lipinski definition) is 3. The lowest BCUT2D eigenvalue weighted by atomic mass is 9.98. The van der Waals surface area contributed by atoms with E-state index in [4.69, 9.17) is 5.73 Å². The van der Waals surface area contributed by atoms with Crippen LogP contribution in [-0.2, 0) is 0 Å². The van der Waals surface area contributed by atoms with Crippen LogP contribution in [0.3, 0.4) is 0 Å². The van der Waals surface area contributed by atoms with E-state index in [2.05, 4.69) is 4.98 Å². The van der Waals surface area contributed by atoms with E-state index in [0.717, 1.165) is 18.2 Å². The van der Waals surface area contributed by atoms with Gasteiger partial charge in [0.15, 0.2) is 0 Å². The first-order chi connectivity index (χ1) is 11.5. The summed E-state index contributed by atoms with van der Waals surface area (Å²) < 4.78 is 41.6. The molecule has 0 saturated heterocycles. The molecule has 2 N–H and O–H groups in total. The highest BCUT2D eigenvalue weighted by Crippen LogP contribution is 2.33. The molecule has 0 bridgehead atoms. The van der Waals surface area contributed by atoms with Crippen LogP contribution in [0, 0.1) is 28.8 Å². The molecule has 2 aromatic carbocycles. The molecule has 3 rings (SSSR count). The Hall–Kier alpha value is -3.33. The smallest absolute Gasteiger partial charge is 0.142 e. The van der Waals surface area contributed by atoms with E-state index in [-0.39, 0.29) is 33.8 Å². The minimum atomic E-state index is -0.724. The van der Waals surface area contributed by atoms with Gasteiger partial charge in [-0.05, 0) is 36.4 Å². The van der Waals surface area contributed by atoms with E-state index in [1.807, 2.05) is 6.07 Å². The number of nitrogens with two attached hydrogens (primary N) is 1. The molecule has 0 aliphatic carbocycles. The number of hydrogen-bond donors (Lipinski definition) is 1.